The third-order valence-corrected chi connectivity index (χ3v) is 6.16. The smallest absolute Gasteiger partial charge is 0.194 e. The monoisotopic (exact) mass is 428 g/mol. The van der Waals surface area contributed by atoms with Crippen LogP contribution in [-0.2, 0) is 26.7 Å². The molecule has 0 aliphatic carbocycles. The van der Waals surface area contributed by atoms with Crippen molar-refractivity contribution >= 4 is 17.3 Å². The molecule has 1 saturated heterocycles. The molecule has 4 rings (SSSR count). The van der Waals surface area contributed by atoms with E-state index >= 15 is 0 Å². The van der Waals surface area contributed by atoms with E-state index in [-0.39, 0.29) is 0 Å². The maximum atomic E-state index is 5.19. The Bertz CT molecular complexity index is 969. The Hall–Kier alpha value is -2.72. The predicted octanol–water partition coefficient (Wildman–Crippen LogP) is 1.95. The zero-order valence-corrected chi connectivity index (χ0v) is 18.5. The fraction of sp³-hybridized carbons (Fsp3) is 0.500. The molecule has 1 N–H and O–H groups in total. The lowest BCUT2D eigenvalue weighted by molar-refractivity contribution is 0.168. The lowest BCUT2D eigenvalue weighted by Gasteiger charge is -2.36. The van der Waals surface area contributed by atoms with Crippen molar-refractivity contribution in [1.82, 2.24) is 35.0 Å². The summed E-state index contributed by atoms with van der Waals surface area (Å²) in [7, 11) is 1.98. The Kier molecular flexibility index (Phi) is 6.44. The highest BCUT2D eigenvalue weighted by Gasteiger charge is 2.21. The number of guanidine groups is 1. The first-order valence-electron chi connectivity index (χ1n) is 10.1. The van der Waals surface area contributed by atoms with Crippen molar-refractivity contribution < 1.29 is 4.52 Å². The molecule has 0 saturated carbocycles. The van der Waals surface area contributed by atoms with Gasteiger partial charge >= 0.3 is 0 Å². The Morgan fingerprint density at radius 2 is 2.07 bits per heavy atom. The molecule has 1 aliphatic heterocycles. The first-order valence-corrected chi connectivity index (χ1v) is 11.0. The average molecular weight is 429 g/mol. The van der Waals surface area contributed by atoms with E-state index in [2.05, 4.69) is 48.0 Å². The molecule has 0 spiro atoms. The molecular formula is C20H28N8OS. The van der Waals surface area contributed by atoms with Crippen molar-refractivity contribution in [2.75, 3.05) is 26.2 Å². The fourth-order valence-electron chi connectivity index (χ4n) is 3.42. The topological polar surface area (TPSA) is 87.6 Å². The second-order valence-electron chi connectivity index (χ2n) is 7.49. The van der Waals surface area contributed by atoms with Gasteiger partial charge in [-0.1, -0.05) is 11.2 Å². The molecule has 160 valence electrons. The van der Waals surface area contributed by atoms with Gasteiger partial charge in [0.05, 0.1) is 12.2 Å². The molecule has 30 heavy (non-hydrogen) atoms. The number of aryl methyl sites for hydroxylation is 2. The molecule has 0 bridgehead atoms. The van der Waals surface area contributed by atoms with Gasteiger partial charge < -0.3 is 19.3 Å². The summed E-state index contributed by atoms with van der Waals surface area (Å²) in [6.45, 7) is 9.69. The van der Waals surface area contributed by atoms with Gasteiger partial charge in [-0.15, -0.1) is 21.5 Å². The number of nitrogens with zero attached hydrogens (tertiary/aromatic N) is 7. The van der Waals surface area contributed by atoms with Gasteiger partial charge in [-0.05, 0) is 25.3 Å². The normalized spacial score (nSPS) is 15.7. The first-order chi connectivity index (χ1) is 14.6. The minimum absolute atomic E-state index is 0.503. The van der Waals surface area contributed by atoms with E-state index in [9.17, 15) is 0 Å². The van der Waals surface area contributed by atoms with Crippen LogP contribution in [0.25, 0.3) is 0 Å². The highest BCUT2D eigenvalue weighted by Crippen LogP contribution is 2.11. The number of hydrogen-bond donors (Lipinski definition) is 1. The molecule has 0 unspecified atom stereocenters. The van der Waals surface area contributed by atoms with Gasteiger partial charge in [-0.2, -0.15) is 0 Å². The molecule has 0 aromatic carbocycles. The van der Waals surface area contributed by atoms with Crippen LogP contribution in [0.2, 0.25) is 0 Å². The van der Waals surface area contributed by atoms with Crippen LogP contribution in [0.5, 0.6) is 0 Å². The van der Waals surface area contributed by atoms with Crippen molar-refractivity contribution in [3.8, 4) is 0 Å². The standard InChI is InChI=1S/C20H28N8OS/c1-15-11-17(25-29-15)14-27-6-8-28(9-7-27)20(21-12-18-5-4-10-30-18)22-13-19-24-23-16(2)26(19)3/h4-5,10-11H,6-9,12-14H2,1-3H3,(H,21,22). The Morgan fingerprint density at radius 3 is 2.70 bits per heavy atom. The van der Waals surface area contributed by atoms with Gasteiger partial charge in [0.2, 0.25) is 0 Å². The SMILES string of the molecule is Cc1cc(CN2CCN(C(=NCc3nnc(C)n3C)NCc3cccs3)CC2)no1. The van der Waals surface area contributed by atoms with Crippen molar-refractivity contribution in [3.05, 3.63) is 51.6 Å². The first kappa shape index (κ1) is 20.5. The Labute approximate surface area is 180 Å². The maximum absolute atomic E-state index is 5.19. The van der Waals surface area contributed by atoms with Crippen molar-refractivity contribution in [3.63, 3.8) is 0 Å². The second kappa shape index (κ2) is 9.40. The van der Waals surface area contributed by atoms with Crippen LogP contribution in [0, 0.1) is 13.8 Å². The van der Waals surface area contributed by atoms with E-state index < -0.39 is 0 Å². The highest BCUT2D eigenvalue weighted by atomic mass is 32.1. The number of aliphatic imine (C=N–C) groups is 1. The summed E-state index contributed by atoms with van der Waals surface area (Å²) in [6, 6.07) is 6.22. The Balaban J connectivity index is 1.39. The van der Waals surface area contributed by atoms with Gasteiger partial charge in [0, 0.05) is 50.7 Å². The van der Waals surface area contributed by atoms with Crippen molar-refractivity contribution in [2.45, 2.75) is 33.5 Å². The van der Waals surface area contributed by atoms with Crippen LogP contribution >= 0.6 is 11.3 Å². The summed E-state index contributed by atoms with van der Waals surface area (Å²) in [5.41, 5.74) is 0.989. The van der Waals surface area contributed by atoms with Gasteiger partial charge in [0.25, 0.3) is 0 Å². The minimum atomic E-state index is 0.503. The van der Waals surface area contributed by atoms with Crippen LogP contribution in [0.15, 0.2) is 33.1 Å². The third-order valence-electron chi connectivity index (χ3n) is 5.29. The summed E-state index contributed by atoms with van der Waals surface area (Å²) >= 11 is 1.75. The van der Waals surface area contributed by atoms with Gasteiger partial charge in [-0.3, -0.25) is 4.90 Å². The lowest BCUT2D eigenvalue weighted by atomic mass is 10.3. The van der Waals surface area contributed by atoms with Crippen LogP contribution in [0.4, 0.5) is 0 Å². The van der Waals surface area contributed by atoms with E-state index in [1.54, 1.807) is 11.3 Å². The van der Waals surface area contributed by atoms with Crippen LogP contribution in [0.3, 0.4) is 0 Å². The Morgan fingerprint density at radius 1 is 1.23 bits per heavy atom. The molecule has 9 nitrogen and oxygen atoms in total. The number of piperazine rings is 1. The summed E-state index contributed by atoms with van der Waals surface area (Å²) in [4.78, 5) is 10.9. The van der Waals surface area contributed by atoms with E-state index in [0.29, 0.717) is 6.54 Å². The maximum Gasteiger partial charge on any atom is 0.194 e. The molecule has 1 aliphatic rings. The highest BCUT2D eigenvalue weighted by molar-refractivity contribution is 7.09. The molecule has 4 heterocycles. The molecule has 0 radical (unpaired) electrons. The molecule has 3 aromatic rings. The molecule has 0 amide bonds. The number of thiophene rings is 1. The number of hydrogen-bond acceptors (Lipinski definition) is 7. The van der Waals surface area contributed by atoms with Gasteiger partial charge in [0.15, 0.2) is 11.8 Å². The van der Waals surface area contributed by atoms with Crippen molar-refractivity contribution in [2.24, 2.45) is 12.0 Å². The lowest BCUT2D eigenvalue weighted by Crippen LogP contribution is -2.52. The third kappa shape index (κ3) is 5.06. The zero-order chi connectivity index (χ0) is 20.9. The summed E-state index contributed by atoms with van der Waals surface area (Å²) < 4.78 is 7.17. The largest absolute Gasteiger partial charge is 0.361 e. The van der Waals surface area contributed by atoms with E-state index in [4.69, 9.17) is 9.52 Å². The number of aromatic nitrogens is 4. The molecule has 0 atom stereocenters. The van der Waals surface area contributed by atoms with Gasteiger partial charge in [0.1, 0.15) is 18.1 Å². The zero-order valence-electron chi connectivity index (χ0n) is 17.7. The number of rotatable bonds is 6. The van der Waals surface area contributed by atoms with E-state index in [1.165, 1.54) is 4.88 Å². The van der Waals surface area contributed by atoms with Gasteiger partial charge in [-0.25, -0.2) is 4.99 Å². The van der Waals surface area contributed by atoms with E-state index in [0.717, 1.165) is 68.3 Å². The second-order valence-corrected chi connectivity index (χ2v) is 8.52. The minimum Gasteiger partial charge on any atom is -0.361 e. The van der Waals surface area contributed by atoms with Crippen LogP contribution < -0.4 is 5.32 Å². The van der Waals surface area contributed by atoms with E-state index in [1.807, 2.05) is 31.5 Å². The summed E-state index contributed by atoms with van der Waals surface area (Å²) in [5.74, 6) is 3.53. The molecule has 1 fully saturated rings. The summed E-state index contributed by atoms with van der Waals surface area (Å²) in [6.07, 6.45) is 0. The average Bonchev–Trinajstić information content (AvgIpc) is 3.48. The molecule has 3 aromatic heterocycles. The molecule has 10 heteroatoms. The van der Waals surface area contributed by atoms with Crippen molar-refractivity contribution in [1.29, 1.82) is 0 Å². The molecular weight excluding hydrogens is 400 g/mol. The summed E-state index contributed by atoms with van der Waals surface area (Å²) in [5, 5.41) is 18.1. The quantitative estimate of drug-likeness (QED) is 0.474. The van der Waals surface area contributed by atoms with Crippen LogP contribution in [0.1, 0.15) is 28.0 Å². The fourth-order valence-corrected chi connectivity index (χ4v) is 4.07. The van der Waals surface area contributed by atoms with Crippen LogP contribution in [-0.4, -0.2) is 61.9 Å². The predicted molar refractivity (Wildman–Crippen MR) is 116 cm³/mol. The number of nitrogens with one attached hydrogen (secondary N) is 1.